The van der Waals surface area contributed by atoms with Crippen LogP contribution in [0.1, 0.15) is 36.8 Å². The highest BCUT2D eigenvalue weighted by Gasteiger charge is 2.35. The molecule has 0 saturated carbocycles. The molecule has 2 aliphatic heterocycles. The molecule has 0 atom stereocenters. The molecule has 6 nitrogen and oxygen atoms in total. The molecule has 138 valence electrons. The summed E-state index contributed by atoms with van der Waals surface area (Å²) >= 11 is 0. The van der Waals surface area contributed by atoms with E-state index in [4.69, 9.17) is 4.74 Å². The topological polar surface area (TPSA) is 66.9 Å². The van der Waals surface area contributed by atoms with Crippen molar-refractivity contribution in [3.63, 3.8) is 0 Å². The van der Waals surface area contributed by atoms with Gasteiger partial charge in [0.1, 0.15) is 5.75 Å². The fourth-order valence-electron chi connectivity index (χ4n) is 3.86. The average molecular weight is 366 g/mol. The third kappa shape index (κ3) is 3.27. The number of carbonyl (C=O) groups is 1. The maximum atomic E-state index is 13.1. The first kappa shape index (κ1) is 18.2. The Morgan fingerprint density at radius 1 is 1.08 bits per heavy atom. The summed E-state index contributed by atoms with van der Waals surface area (Å²) in [7, 11) is -1.94. The molecular formula is C18H26N2O4S. The zero-order chi connectivity index (χ0) is 18.2. The van der Waals surface area contributed by atoms with Crippen molar-refractivity contribution in [3.05, 3.63) is 23.3 Å². The number of ether oxygens (including phenoxy) is 1. The maximum absolute atomic E-state index is 13.1. The summed E-state index contributed by atoms with van der Waals surface area (Å²) in [5.41, 5.74) is 1.58. The number of piperidine rings is 1. The lowest BCUT2D eigenvalue weighted by atomic mass is 10.1. The predicted octanol–water partition coefficient (Wildman–Crippen LogP) is 2.09. The Morgan fingerprint density at radius 2 is 1.76 bits per heavy atom. The predicted molar refractivity (Wildman–Crippen MR) is 95.2 cm³/mol. The van der Waals surface area contributed by atoms with E-state index in [2.05, 4.69) is 0 Å². The van der Waals surface area contributed by atoms with E-state index in [9.17, 15) is 13.2 Å². The van der Waals surface area contributed by atoms with Crippen LogP contribution >= 0.6 is 0 Å². The van der Waals surface area contributed by atoms with Crippen molar-refractivity contribution in [3.8, 4) is 5.75 Å². The summed E-state index contributed by atoms with van der Waals surface area (Å²) in [4.78, 5) is 14.2. The fraction of sp³-hybridized carbons (Fsp3) is 0.611. The molecule has 0 N–H and O–H groups in total. The van der Waals surface area contributed by atoms with Crippen LogP contribution in [0.25, 0.3) is 0 Å². The molecule has 7 heteroatoms. The molecule has 0 unspecified atom stereocenters. The summed E-state index contributed by atoms with van der Waals surface area (Å²) in [5.74, 6) is 0.908. The Bertz CT molecular complexity index is 768. The van der Waals surface area contributed by atoms with Crippen LogP contribution < -0.4 is 4.74 Å². The van der Waals surface area contributed by atoms with Crippen LogP contribution in [0.4, 0.5) is 0 Å². The molecule has 25 heavy (non-hydrogen) atoms. The number of nitrogens with zero attached hydrogens (tertiary/aromatic N) is 2. The van der Waals surface area contributed by atoms with Crippen LogP contribution in [0, 0.1) is 13.8 Å². The lowest BCUT2D eigenvalue weighted by Gasteiger charge is -2.36. The Morgan fingerprint density at radius 3 is 2.32 bits per heavy atom. The van der Waals surface area contributed by atoms with Crippen LogP contribution in [-0.4, -0.2) is 56.3 Å². The molecule has 1 aromatic carbocycles. The van der Waals surface area contributed by atoms with Gasteiger partial charge in [0.25, 0.3) is 0 Å². The number of amides is 1. The van der Waals surface area contributed by atoms with Crippen molar-refractivity contribution >= 4 is 15.9 Å². The molecule has 0 aliphatic carbocycles. The Hall–Kier alpha value is -1.60. The largest absolute Gasteiger partial charge is 0.496 e. The Labute approximate surface area is 149 Å². The number of benzene rings is 1. The maximum Gasteiger partial charge on any atom is 0.243 e. The molecule has 3 rings (SSSR count). The van der Waals surface area contributed by atoms with Gasteiger partial charge in [0, 0.05) is 32.1 Å². The second-order valence-corrected chi connectivity index (χ2v) is 8.75. The first-order valence-electron chi connectivity index (χ1n) is 8.80. The molecule has 0 spiro atoms. The first-order chi connectivity index (χ1) is 11.9. The zero-order valence-corrected chi connectivity index (χ0v) is 15.9. The van der Waals surface area contributed by atoms with E-state index in [1.54, 1.807) is 23.5 Å². The van der Waals surface area contributed by atoms with Gasteiger partial charge in [-0.1, -0.05) is 0 Å². The number of sulfonamides is 1. The number of hydrogen-bond donors (Lipinski definition) is 0. The number of rotatable bonds is 4. The van der Waals surface area contributed by atoms with Gasteiger partial charge in [-0.05, 0) is 56.4 Å². The summed E-state index contributed by atoms with van der Waals surface area (Å²) < 4.78 is 32.9. The summed E-state index contributed by atoms with van der Waals surface area (Å²) in [5, 5.41) is 0. The van der Waals surface area contributed by atoms with Crippen molar-refractivity contribution in [1.82, 2.24) is 9.21 Å². The summed E-state index contributed by atoms with van der Waals surface area (Å²) in [6.07, 6.45) is 2.96. The third-order valence-electron chi connectivity index (χ3n) is 5.50. The minimum Gasteiger partial charge on any atom is -0.496 e. The van der Waals surface area contributed by atoms with Gasteiger partial charge in [-0.3, -0.25) is 4.79 Å². The molecular weight excluding hydrogens is 340 g/mol. The molecule has 2 heterocycles. The molecule has 1 aromatic rings. The van der Waals surface area contributed by atoms with E-state index in [1.807, 2.05) is 18.7 Å². The van der Waals surface area contributed by atoms with E-state index >= 15 is 0 Å². The van der Waals surface area contributed by atoms with Gasteiger partial charge in [0.05, 0.1) is 12.0 Å². The second-order valence-electron chi connectivity index (χ2n) is 6.84. The van der Waals surface area contributed by atoms with E-state index in [0.717, 1.165) is 24.1 Å². The van der Waals surface area contributed by atoms with Gasteiger partial charge in [-0.25, -0.2) is 8.42 Å². The van der Waals surface area contributed by atoms with Crippen molar-refractivity contribution in [2.24, 2.45) is 0 Å². The highest BCUT2D eigenvalue weighted by molar-refractivity contribution is 7.89. The monoisotopic (exact) mass is 366 g/mol. The molecule has 2 aliphatic rings. The summed E-state index contributed by atoms with van der Waals surface area (Å²) in [6.45, 7) is 5.43. The van der Waals surface area contributed by atoms with Crippen LogP contribution in [0.5, 0.6) is 5.75 Å². The smallest absolute Gasteiger partial charge is 0.243 e. The normalized spacial score (nSPS) is 20.3. The van der Waals surface area contributed by atoms with Crippen LogP contribution in [0.15, 0.2) is 17.0 Å². The Kier molecular flexibility index (Phi) is 5.06. The minimum atomic E-state index is -3.53. The molecule has 2 saturated heterocycles. The zero-order valence-electron chi connectivity index (χ0n) is 15.1. The fourth-order valence-corrected chi connectivity index (χ4v) is 5.61. The number of methoxy groups -OCH3 is 1. The molecule has 0 radical (unpaired) electrons. The van der Waals surface area contributed by atoms with Crippen molar-refractivity contribution in [2.75, 3.05) is 26.7 Å². The number of likely N-dealkylation sites (tertiary alicyclic amines) is 1. The molecule has 2 fully saturated rings. The van der Waals surface area contributed by atoms with Crippen molar-refractivity contribution in [2.45, 2.75) is 50.5 Å². The highest BCUT2D eigenvalue weighted by atomic mass is 32.2. The minimum absolute atomic E-state index is 0.181. The lowest BCUT2D eigenvalue weighted by molar-refractivity contribution is -0.130. The van der Waals surface area contributed by atoms with Gasteiger partial charge in [-0.15, -0.1) is 0 Å². The quantitative estimate of drug-likeness (QED) is 0.818. The van der Waals surface area contributed by atoms with Crippen LogP contribution in [0.3, 0.4) is 0 Å². The molecule has 0 bridgehead atoms. The van der Waals surface area contributed by atoms with Gasteiger partial charge >= 0.3 is 0 Å². The van der Waals surface area contributed by atoms with Crippen LogP contribution in [0.2, 0.25) is 0 Å². The van der Waals surface area contributed by atoms with E-state index in [0.29, 0.717) is 43.0 Å². The van der Waals surface area contributed by atoms with Gasteiger partial charge in [0.15, 0.2) is 0 Å². The third-order valence-corrected chi connectivity index (χ3v) is 7.54. The highest BCUT2D eigenvalue weighted by Crippen LogP contribution is 2.31. The first-order valence-corrected chi connectivity index (χ1v) is 10.2. The van der Waals surface area contributed by atoms with E-state index in [-0.39, 0.29) is 11.9 Å². The average Bonchev–Trinajstić information content (AvgIpc) is 3.03. The van der Waals surface area contributed by atoms with Gasteiger partial charge in [-0.2, -0.15) is 4.31 Å². The van der Waals surface area contributed by atoms with Gasteiger partial charge < -0.3 is 9.64 Å². The second kappa shape index (κ2) is 6.96. The van der Waals surface area contributed by atoms with Gasteiger partial charge in [0.2, 0.25) is 15.9 Å². The van der Waals surface area contributed by atoms with Crippen LogP contribution in [-0.2, 0) is 14.8 Å². The number of hydrogen-bond acceptors (Lipinski definition) is 4. The van der Waals surface area contributed by atoms with E-state index < -0.39 is 10.0 Å². The Balaban J connectivity index is 1.76. The lowest BCUT2D eigenvalue weighted by Crippen LogP contribution is -2.47. The van der Waals surface area contributed by atoms with E-state index in [1.165, 1.54) is 0 Å². The molecule has 1 amide bonds. The summed E-state index contributed by atoms with van der Waals surface area (Å²) in [6, 6.07) is 3.53. The standard InChI is InChI=1S/C18H26N2O4S/c1-13-14(2)17(7-6-16(13)24-3)25(22,23)19-11-8-15(9-12-19)20-10-4-5-18(20)21/h6-7,15H,4-5,8-12H2,1-3H3. The molecule has 0 aromatic heterocycles. The van der Waals surface area contributed by atoms with Crippen molar-refractivity contribution < 1.29 is 17.9 Å². The SMILES string of the molecule is COc1ccc(S(=O)(=O)N2CCC(N3CCCC3=O)CC2)c(C)c1C. The van der Waals surface area contributed by atoms with Crippen molar-refractivity contribution in [1.29, 1.82) is 0 Å². The number of carbonyl (C=O) groups excluding carboxylic acids is 1.